The lowest BCUT2D eigenvalue weighted by Gasteiger charge is -2.28. The van der Waals surface area contributed by atoms with Gasteiger partial charge in [-0.1, -0.05) is 6.07 Å². The van der Waals surface area contributed by atoms with Crippen LogP contribution in [0, 0.1) is 6.92 Å². The van der Waals surface area contributed by atoms with Gasteiger partial charge in [0.05, 0.1) is 5.56 Å². The van der Waals surface area contributed by atoms with Crippen LogP contribution in [0.3, 0.4) is 0 Å². The molecule has 0 saturated carbocycles. The Morgan fingerprint density at radius 2 is 2.07 bits per heavy atom. The number of hydrogen-bond acceptors (Lipinski definition) is 4. The summed E-state index contributed by atoms with van der Waals surface area (Å²) in [5.74, 6) is -0.237. The second-order valence-corrected chi connectivity index (χ2v) is 7.52. The zero-order valence-electron chi connectivity index (χ0n) is 14.9. The molecule has 4 rings (SSSR count). The first-order valence-electron chi connectivity index (χ1n) is 8.79. The largest absolute Gasteiger partial charge is 0.334 e. The molecule has 6 heteroatoms. The Bertz CT molecular complexity index is 998. The maximum absolute atomic E-state index is 13.1. The molecule has 3 aromatic rings. The van der Waals surface area contributed by atoms with Gasteiger partial charge in [-0.25, -0.2) is 0 Å². The second kappa shape index (κ2) is 7.32. The Kier molecular flexibility index (Phi) is 4.73. The van der Waals surface area contributed by atoms with Crippen molar-refractivity contribution in [3.63, 3.8) is 0 Å². The molecule has 136 valence electrons. The number of carbonyl (C=O) groups is 2. The number of amides is 2. The van der Waals surface area contributed by atoms with Crippen LogP contribution < -0.4 is 5.32 Å². The monoisotopic (exact) mass is 377 g/mol. The lowest BCUT2D eigenvalue weighted by Crippen LogP contribution is -2.35. The van der Waals surface area contributed by atoms with Crippen molar-refractivity contribution in [2.24, 2.45) is 0 Å². The molecule has 0 fully saturated rings. The molecule has 0 bridgehead atoms. The minimum atomic E-state index is -0.239. The first kappa shape index (κ1) is 17.4. The fourth-order valence-corrected chi connectivity index (χ4v) is 4.18. The molecule has 0 spiro atoms. The van der Waals surface area contributed by atoms with Crippen LogP contribution in [-0.4, -0.2) is 28.2 Å². The van der Waals surface area contributed by atoms with Gasteiger partial charge in [0, 0.05) is 41.6 Å². The van der Waals surface area contributed by atoms with Gasteiger partial charge in [0.2, 0.25) is 0 Å². The predicted molar refractivity (Wildman–Crippen MR) is 106 cm³/mol. The summed E-state index contributed by atoms with van der Waals surface area (Å²) in [6.07, 6.45) is 4.04. The predicted octanol–water partition coefficient (Wildman–Crippen LogP) is 3.90. The first-order chi connectivity index (χ1) is 13.1. The molecular weight excluding hydrogens is 358 g/mol. The standard InChI is InChI=1S/C21H19N3O2S/c1-14-17(21(26)24-10-7-19-16(13-24)8-11-27-19)5-2-6-18(14)23-20(25)15-4-3-9-22-12-15/h2-6,8-9,11-12H,7,10,13H2,1H3,(H,23,25). The average molecular weight is 377 g/mol. The number of thiophene rings is 1. The fraction of sp³-hybridized carbons (Fsp3) is 0.190. The highest BCUT2D eigenvalue weighted by atomic mass is 32.1. The third-order valence-electron chi connectivity index (χ3n) is 4.83. The smallest absolute Gasteiger partial charge is 0.257 e. The van der Waals surface area contributed by atoms with Gasteiger partial charge in [-0.15, -0.1) is 11.3 Å². The number of carbonyl (C=O) groups excluding carboxylic acids is 2. The van der Waals surface area contributed by atoms with Gasteiger partial charge >= 0.3 is 0 Å². The van der Waals surface area contributed by atoms with Crippen LogP contribution in [0.1, 0.15) is 36.7 Å². The van der Waals surface area contributed by atoms with Gasteiger partial charge in [-0.2, -0.15) is 0 Å². The summed E-state index contributed by atoms with van der Waals surface area (Å²) >= 11 is 1.75. The van der Waals surface area contributed by atoms with Gasteiger partial charge in [0.15, 0.2) is 0 Å². The Balaban J connectivity index is 1.55. The highest BCUT2D eigenvalue weighted by molar-refractivity contribution is 7.10. The fourth-order valence-electron chi connectivity index (χ4n) is 3.29. The van der Waals surface area contributed by atoms with Crippen LogP contribution in [0.5, 0.6) is 0 Å². The third-order valence-corrected chi connectivity index (χ3v) is 5.85. The van der Waals surface area contributed by atoms with E-state index >= 15 is 0 Å². The molecule has 5 nitrogen and oxygen atoms in total. The zero-order chi connectivity index (χ0) is 18.8. The Hall–Kier alpha value is -2.99. The molecule has 1 aromatic carbocycles. The summed E-state index contributed by atoms with van der Waals surface area (Å²) in [6, 6.07) is 11.0. The van der Waals surface area contributed by atoms with Crippen molar-refractivity contribution in [3.8, 4) is 0 Å². The average Bonchev–Trinajstić information content (AvgIpc) is 3.17. The normalized spacial score (nSPS) is 13.1. The van der Waals surface area contributed by atoms with Crippen molar-refractivity contribution >= 4 is 28.8 Å². The molecule has 2 aromatic heterocycles. The third kappa shape index (κ3) is 3.48. The number of hydrogen-bond donors (Lipinski definition) is 1. The highest BCUT2D eigenvalue weighted by Crippen LogP contribution is 2.27. The number of pyridine rings is 1. The summed E-state index contributed by atoms with van der Waals surface area (Å²) in [5, 5.41) is 4.97. The van der Waals surface area contributed by atoms with Crippen molar-refractivity contribution in [2.75, 3.05) is 11.9 Å². The van der Waals surface area contributed by atoms with E-state index in [2.05, 4.69) is 21.7 Å². The number of nitrogens with zero attached hydrogens (tertiary/aromatic N) is 2. The number of nitrogens with one attached hydrogen (secondary N) is 1. The summed E-state index contributed by atoms with van der Waals surface area (Å²) < 4.78 is 0. The van der Waals surface area contributed by atoms with Gasteiger partial charge in [0.25, 0.3) is 11.8 Å². The van der Waals surface area contributed by atoms with Gasteiger partial charge < -0.3 is 10.2 Å². The number of rotatable bonds is 3. The number of anilines is 1. The zero-order valence-corrected chi connectivity index (χ0v) is 15.8. The summed E-state index contributed by atoms with van der Waals surface area (Å²) in [6.45, 7) is 3.23. The van der Waals surface area contributed by atoms with E-state index in [-0.39, 0.29) is 11.8 Å². The van der Waals surface area contributed by atoms with Crippen LogP contribution in [0.15, 0.2) is 54.2 Å². The van der Waals surface area contributed by atoms with Crippen LogP contribution >= 0.6 is 11.3 Å². The van der Waals surface area contributed by atoms with Crippen molar-refractivity contribution in [3.05, 3.63) is 81.3 Å². The summed E-state index contributed by atoms with van der Waals surface area (Å²) in [4.78, 5) is 32.7. The molecule has 0 unspecified atom stereocenters. The van der Waals surface area contributed by atoms with E-state index < -0.39 is 0 Å². The van der Waals surface area contributed by atoms with Crippen molar-refractivity contribution < 1.29 is 9.59 Å². The van der Waals surface area contributed by atoms with Gasteiger partial charge in [-0.3, -0.25) is 14.6 Å². The molecule has 0 radical (unpaired) electrons. The van der Waals surface area contributed by atoms with E-state index in [1.807, 2.05) is 24.0 Å². The molecule has 1 aliphatic heterocycles. The van der Waals surface area contributed by atoms with Crippen molar-refractivity contribution in [2.45, 2.75) is 19.9 Å². The Morgan fingerprint density at radius 3 is 2.89 bits per heavy atom. The van der Waals surface area contributed by atoms with E-state index in [1.165, 1.54) is 16.6 Å². The molecule has 27 heavy (non-hydrogen) atoms. The maximum atomic E-state index is 13.1. The number of aromatic nitrogens is 1. The SMILES string of the molecule is Cc1c(NC(=O)c2cccnc2)cccc1C(=O)N1CCc2sccc2C1. The maximum Gasteiger partial charge on any atom is 0.257 e. The van der Waals surface area contributed by atoms with E-state index in [0.717, 1.165) is 18.5 Å². The quantitative estimate of drug-likeness (QED) is 0.753. The molecule has 1 aliphatic rings. The summed E-state index contributed by atoms with van der Waals surface area (Å²) in [5.41, 5.74) is 3.75. The lowest BCUT2D eigenvalue weighted by atomic mass is 10.0. The molecule has 1 N–H and O–H groups in total. The van der Waals surface area contributed by atoms with Crippen LogP contribution in [0.25, 0.3) is 0 Å². The van der Waals surface area contributed by atoms with Gasteiger partial charge in [-0.05, 0) is 60.2 Å². The van der Waals surface area contributed by atoms with Crippen LogP contribution in [0.2, 0.25) is 0 Å². The Morgan fingerprint density at radius 1 is 1.19 bits per heavy atom. The Labute approximate surface area is 161 Å². The minimum absolute atomic E-state index is 0.00169. The molecule has 2 amide bonds. The lowest BCUT2D eigenvalue weighted by molar-refractivity contribution is 0.0735. The minimum Gasteiger partial charge on any atom is -0.334 e. The molecule has 0 aliphatic carbocycles. The van der Waals surface area contributed by atoms with Crippen molar-refractivity contribution in [1.29, 1.82) is 0 Å². The van der Waals surface area contributed by atoms with E-state index in [4.69, 9.17) is 0 Å². The topological polar surface area (TPSA) is 62.3 Å². The number of benzene rings is 1. The highest BCUT2D eigenvalue weighted by Gasteiger charge is 2.24. The van der Waals surface area contributed by atoms with E-state index in [9.17, 15) is 9.59 Å². The van der Waals surface area contributed by atoms with Crippen LogP contribution in [-0.2, 0) is 13.0 Å². The molecular formula is C21H19N3O2S. The number of fused-ring (bicyclic) bond motifs is 1. The molecule has 0 atom stereocenters. The summed E-state index contributed by atoms with van der Waals surface area (Å²) in [7, 11) is 0. The van der Waals surface area contributed by atoms with Gasteiger partial charge in [0.1, 0.15) is 0 Å². The molecule has 3 heterocycles. The van der Waals surface area contributed by atoms with E-state index in [1.54, 1.807) is 35.7 Å². The van der Waals surface area contributed by atoms with E-state index in [0.29, 0.717) is 23.4 Å². The van der Waals surface area contributed by atoms with Crippen molar-refractivity contribution in [1.82, 2.24) is 9.88 Å². The molecule has 0 saturated heterocycles. The van der Waals surface area contributed by atoms with Crippen LogP contribution in [0.4, 0.5) is 5.69 Å². The second-order valence-electron chi connectivity index (χ2n) is 6.52. The first-order valence-corrected chi connectivity index (χ1v) is 9.67.